The van der Waals surface area contributed by atoms with E-state index < -0.39 is 0 Å². The Morgan fingerprint density at radius 2 is 1.71 bits per heavy atom. The fraction of sp³-hybridized carbons (Fsp3) is 0.300. The molecule has 0 saturated heterocycles. The summed E-state index contributed by atoms with van der Waals surface area (Å²) in [5, 5.41) is 8.87. The average Bonchev–Trinajstić information content (AvgIpc) is 2.97. The number of amides is 2. The maximum absolute atomic E-state index is 12.0. The van der Waals surface area contributed by atoms with Gasteiger partial charge in [-0.25, -0.2) is 19.7 Å². The van der Waals surface area contributed by atoms with E-state index in [0.717, 1.165) is 34.0 Å². The lowest BCUT2D eigenvalue weighted by molar-refractivity contribution is 0.252. The maximum atomic E-state index is 12.0. The Morgan fingerprint density at radius 1 is 0.964 bits per heavy atom. The van der Waals surface area contributed by atoms with E-state index in [9.17, 15) is 4.79 Å². The number of imidazole rings is 1. The Balaban J connectivity index is 1.49. The first-order valence-electron chi connectivity index (χ1n) is 9.12. The fourth-order valence-corrected chi connectivity index (χ4v) is 2.89. The molecule has 3 aromatic rings. The Kier molecular flexibility index (Phi) is 5.88. The molecule has 2 amide bonds. The predicted octanol–water partition coefficient (Wildman–Crippen LogP) is 3.13. The minimum atomic E-state index is -0.236. The first-order valence-corrected chi connectivity index (χ1v) is 9.12. The van der Waals surface area contributed by atoms with Gasteiger partial charge in [0.15, 0.2) is 0 Å². The van der Waals surface area contributed by atoms with Crippen molar-refractivity contribution in [3.8, 4) is 5.82 Å². The molecule has 0 aliphatic rings. The highest BCUT2D eigenvalue weighted by molar-refractivity contribution is 5.89. The summed E-state index contributed by atoms with van der Waals surface area (Å²) >= 11 is 0. The van der Waals surface area contributed by atoms with Crippen LogP contribution >= 0.6 is 0 Å². The van der Waals surface area contributed by atoms with Gasteiger partial charge in [0.1, 0.15) is 24.3 Å². The molecule has 0 atom stereocenters. The third kappa shape index (κ3) is 4.85. The molecule has 8 nitrogen and oxygen atoms in total. The second-order valence-corrected chi connectivity index (χ2v) is 6.73. The molecule has 0 aliphatic heterocycles. The molecule has 2 heterocycles. The van der Waals surface area contributed by atoms with Crippen LogP contribution in [0.4, 0.5) is 16.3 Å². The molecule has 146 valence electrons. The maximum Gasteiger partial charge on any atom is 0.319 e. The molecule has 2 aromatic heterocycles. The normalized spacial score (nSPS) is 10.6. The molecule has 28 heavy (non-hydrogen) atoms. The molecular formula is C20H25N7O. The van der Waals surface area contributed by atoms with Gasteiger partial charge in [-0.1, -0.05) is 6.07 Å². The lowest BCUT2D eigenvalue weighted by atomic mass is 10.1. The molecule has 1 aromatic carbocycles. The molecule has 3 rings (SSSR count). The van der Waals surface area contributed by atoms with Crippen LogP contribution in [0.15, 0.2) is 36.9 Å². The van der Waals surface area contributed by atoms with E-state index in [1.807, 2.05) is 50.5 Å². The lowest BCUT2D eigenvalue weighted by Crippen LogP contribution is -2.32. The Hall–Kier alpha value is -3.42. The fourth-order valence-electron chi connectivity index (χ4n) is 2.89. The van der Waals surface area contributed by atoms with E-state index >= 15 is 0 Å². The van der Waals surface area contributed by atoms with E-state index in [-0.39, 0.29) is 6.03 Å². The lowest BCUT2D eigenvalue weighted by Gasteiger charge is -2.11. The molecular weight excluding hydrogens is 354 g/mol. The number of aromatic nitrogens is 4. The topological polar surface area (TPSA) is 96.8 Å². The second kappa shape index (κ2) is 8.51. The summed E-state index contributed by atoms with van der Waals surface area (Å²) in [7, 11) is 0. The van der Waals surface area contributed by atoms with Gasteiger partial charge in [0, 0.05) is 30.5 Å². The van der Waals surface area contributed by atoms with Crippen LogP contribution < -0.4 is 16.0 Å². The van der Waals surface area contributed by atoms with Gasteiger partial charge >= 0.3 is 6.03 Å². The van der Waals surface area contributed by atoms with Crippen LogP contribution in [0.2, 0.25) is 0 Å². The highest BCUT2D eigenvalue weighted by atomic mass is 16.2. The molecule has 3 N–H and O–H groups in total. The van der Waals surface area contributed by atoms with Gasteiger partial charge < -0.3 is 16.0 Å². The van der Waals surface area contributed by atoms with Gasteiger partial charge in [0.2, 0.25) is 0 Å². The van der Waals surface area contributed by atoms with E-state index in [0.29, 0.717) is 18.9 Å². The molecule has 0 aliphatic carbocycles. The van der Waals surface area contributed by atoms with Crippen LogP contribution in [0.25, 0.3) is 5.82 Å². The van der Waals surface area contributed by atoms with Gasteiger partial charge in [-0.15, -0.1) is 0 Å². The van der Waals surface area contributed by atoms with Crippen molar-refractivity contribution >= 4 is 17.5 Å². The van der Waals surface area contributed by atoms with Gasteiger partial charge in [0.25, 0.3) is 0 Å². The number of hydrogen-bond acceptors (Lipinski definition) is 5. The SMILES string of the molecule is Cc1cc(C)cc(NC(=O)NCCNc2cc(-n3cnc(C)c3C)ncn2)c1. The molecule has 0 unspecified atom stereocenters. The number of aryl methyl sites for hydroxylation is 3. The number of rotatable bonds is 6. The minimum Gasteiger partial charge on any atom is -0.368 e. The summed E-state index contributed by atoms with van der Waals surface area (Å²) in [5.41, 5.74) is 5.01. The largest absolute Gasteiger partial charge is 0.368 e. The van der Waals surface area contributed by atoms with Crippen LogP contribution in [0.3, 0.4) is 0 Å². The Bertz CT molecular complexity index is 960. The number of nitrogens with one attached hydrogen (secondary N) is 3. The molecule has 0 fully saturated rings. The highest BCUT2D eigenvalue weighted by Crippen LogP contribution is 2.14. The third-order valence-corrected chi connectivity index (χ3v) is 4.35. The molecule has 0 bridgehead atoms. The number of urea groups is 1. The number of hydrogen-bond donors (Lipinski definition) is 3. The summed E-state index contributed by atoms with van der Waals surface area (Å²) in [6, 6.07) is 7.55. The van der Waals surface area contributed by atoms with Gasteiger partial charge in [-0.05, 0) is 51.0 Å². The summed E-state index contributed by atoms with van der Waals surface area (Å²) in [6.45, 7) is 8.96. The van der Waals surface area contributed by atoms with Crippen molar-refractivity contribution in [1.29, 1.82) is 0 Å². The smallest absolute Gasteiger partial charge is 0.319 e. The van der Waals surface area contributed by atoms with Crippen molar-refractivity contribution in [1.82, 2.24) is 24.8 Å². The van der Waals surface area contributed by atoms with Crippen molar-refractivity contribution in [2.75, 3.05) is 23.7 Å². The number of anilines is 2. The van der Waals surface area contributed by atoms with Crippen LogP contribution in [0.1, 0.15) is 22.5 Å². The molecule has 8 heteroatoms. The second-order valence-electron chi connectivity index (χ2n) is 6.73. The summed E-state index contributed by atoms with van der Waals surface area (Å²) < 4.78 is 1.91. The van der Waals surface area contributed by atoms with E-state index in [4.69, 9.17) is 0 Å². The predicted molar refractivity (Wildman–Crippen MR) is 110 cm³/mol. The third-order valence-electron chi connectivity index (χ3n) is 4.35. The standard InChI is InChI=1S/C20H25N7O/c1-13-7-14(2)9-17(8-13)26-20(28)22-6-5-21-18-10-19(24-11-23-18)27-12-25-15(3)16(27)4/h7-12H,5-6H2,1-4H3,(H,21,23,24)(H2,22,26,28). The van der Waals surface area contributed by atoms with Crippen LogP contribution in [0, 0.1) is 27.7 Å². The molecule has 0 radical (unpaired) electrons. The van der Waals surface area contributed by atoms with Gasteiger partial charge in [-0.2, -0.15) is 0 Å². The molecule has 0 spiro atoms. The van der Waals surface area contributed by atoms with Crippen LogP contribution in [-0.2, 0) is 0 Å². The zero-order chi connectivity index (χ0) is 20.1. The van der Waals surface area contributed by atoms with E-state index in [2.05, 4.69) is 37.0 Å². The number of nitrogens with zero attached hydrogens (tertiary/aromatic N) is 4. The summed E-state index contributed by atoms with van der Waals surface area (Å²) in [6.07, 6.45) is 3.25. The van der Waals surface area contributed by atoms with Gasteiger partial charge in [0.05, 0.1) is 5.69 Å². The highest BCUT2D eigenvalue weighted by Gasteiger charge is 2.07. The Labute approximate surface area is 164 Å². The first-order chi connectivity index (χ1) is 13.4. The van der Waals surface area contributed by atoms with Crippen molar-refractivity contribution in [3.05, 3.63) is 59.4 Å². The van der Waals surface area contributed by atoms with Crippen molar-refractivity contribution in [2.24, 2.45) is 0 Å². The zero-order valence-electron chi connectivity index (χ0n) is 16.6. The zero-order valence-corrected chi connectivity index (χ0v) is 16.6. The quantitative estimate of drug-likeness (QED) is 0.572. The van der Waals surface area contributed by atoms with Crippen LogP contribution in [0.5, 0.6) is 0 Å². The number of benzene rings is 1. The Morgan fingerprint density at radius 3 is 2.39 bits per heavy atom. The average molecular weight is 379 g/mol. The van der Waals surface area contributed by atoms with Crippen LogP contribution in [-0.4, -0.2) is 38.6 Å². The van der Waals surface area contributed by atoms with E-state index in [1.54, 1.807) is 6.33 Å². The summed E-state index contributed by atoms with van der Waals surface area (Å²) in [4.78, 5) is 24.8. The number of carbonyl (C=O) groups is 1. The monoisotopic (exact) mass is 379 g/mol. The summed E-state index contributed by atoms with van der Waals surface area (Å²) in [5.74, 6) is 1.43. The first kappa shape index (κ1) is 19.3. The van der Waals surface area contributed by atoms with E-state index in [1.165, 1.54) is 6.33 Å². The number of carbonyl (C=O) groups excluding carboxylic acids is 1. The molecule has 0 saturated carbocycles. The van der Waals surface area contributed by atoms with Gasteiger partial charge in [-0.3, -0.25) is 4.57 Å². The van der Waals surface area contributed by atoms with Crippen molar-refractivity contribution < 1.29 is 4.79 Å². The minimum absolute atomic E-state index is 0.236. The van der Waals surface area contributed by atoms with Crippen molar-refractivity contribution in [2.45, 2.75) is 27.7 Å². The van der Waals surface area contributed by atoms with Crippen molar-refractivity contribution in [3.63, 3.8) is 0 Å².